The fraction of sp³-hybridized carbons (Fsp3) is 0.500. The Morgan fingerprint density at radius 3 is 2.76 bits per heavy atom. The Kier molecular flexibility index (Phi) is 5.41. The van der Waals surface area contributed by atoms with E-state index in [1.165, 1.54) is 0 Å². The van der Waals surface area contributed by atoms with Gasteiger partial charge < -0.3 is 24.8 Å². The molecule has 1 aromatic carbocycles. The highest BCUT2D eigenvalue weighted by atomic mass is 32.1. The smallest absolute Gasteiger partial charge is 0.229 e. The standard InChI is InChI=1S/C14H17NO5S/c1-8-11(16)12(17)13(18)14(19-8)20-10-4-2-3-9(5-10)6-15-7-21/h2-5,8,11-14,16-18H,6H2,1H3/t8-,11-,12+,13+,14-/m0/s1. The van der Waals surface area contributed by atoms with Gasteiger partial charge in [0.2, 0.25) is 6.29 Å². The molecule has 2 rings (SSSR count). The Hall–Kier alpha value is -1.34. The summed E-state index contributed by atoms with van der Waals surface area (Å²) in [5.41, 5.74) is 0.865. The summed E-state index contributed by atoms with van der Waals surface area (Å²) in [6, 6.07) is 7.05. The summed E-state index contributed by atoms with van der Waals surface area (Å²) in [5.74, 6) is 0.465. The molecule has 114 valence electrons. The van der Waals surface area contributed by atoms with Crippen LogP contribution in [0.1, 0.15) is 12.5 Å². The van der Waals surface area contributed by atoms with Crippen LogP contribution in [-0.2, 0) is 11.3 Å². The van der Waals surface area contributed by atoms with E-state index in [1.807, 2.05) is 6.07 Å². The molecule has 0 aromatic heterocycles. The second-order valence-corrected chi connectivity index (χ2v) is 5.04. The summed E-state index contributed by atoms with van der Waals surface area (Å²) in [5, 5.41) is 31.5. The third-order valence-corrected chi connectivity index (χ3v) is 3.41. The Morgan fingerprint density at radius 2 is 2.05 bits per heavy atom. The number of hydrogen-bond donors (Lipinski definition) is 3. The van der Waals surface area contributed by atoms with Crippen molar-refractivity contribution < 1.29 is 24.8 Å². The van der Waals surface area contributed by atoms with Gasteiger partial charge in [-0.25, -0.2) is 4.99 Å². The van der Waals surface area contributed by atoms with Gasteiger partial charge in [-0.1, -0.05) is 12.1 Å². The normalized spacial score (nSPS) is 32.3. The van der Waals surface area contributed by atoms with Crippen molar-refractivity contribution in [1.29, 1.82) is 0 Å². The number of isothiocyanates is 1. The monoisotopic (exact) mass is 311 g/mol. The number of aliphatic hydroxyl groups excluding tert-OH is 3. The zero-order valence-electron chi connectivity index (χ0n) is 11.4. The molecule has 3 N–H and O–H groups in total. The van der Waals surface area contributed by atoms with E-state index in [-0.39, 0.29) is 0 Å². The molecule has 1 saturated heterocycles. The minimum atomic E-state index is -1.33. The lowest BCUT2D eigenvalue weighted by Crippen LogP contribution is -2.58. The number of nitrogens with zero attached hydrogens (tertiary/aromatic N) is 1. The topological polar surface area (TPSA) is 91.5 Å². The van der Waals surface area contributed by atoms with Crippen LogP contribution in [0.2, 0.25) is 0 Å². The van der Waals surface area contributed by atoms with Gasteiger partial charge >= 0.3 is 0 Å². The SMILES string of the molecule is C[C@@H]1O[C@@H](Oc2cccc(CN=C=S)c2)[C@H](O)[C@H](O)[C@H]1O. The van der Waals surface area contributed by atoms with Gasteiger partial charge in [0.05, 0.1) is 17.8 Å². The molecular weight excluding hydrogens is 294 g/mol. The summed E-state index contributed by atoms with van der Waals surface area (Å²) in [6.45, 7) is 1.98. The molecule has 21 heavy (non-hydrogen) atoms. The second kappa shape index (κ2) is 7.09. The van der Waals surface area contributed by atoms with Crippen molar-refractivity contribution >= 4 is 17.4 Å². The van der Waals surface area contributed by atoms with E-state index in [2.05, 4.69) is 22.4 Å². The molecule has 0 saturated carbocycles. The quantitative estimate of drug-likeness (QED) is 0.554. The maximum atomic E-state index is 9.90. The van der Waals surface area contributed by atoms with Crippen molar-refractivity contribution in [1.82, 2.24) is 0 Å². The van der Waals surface area contributed by atoms with E-state index >= 15 is 0 Å². The molecule has 1 fully saturated rings. The highest BCUT2D eigenvalue weighted by Crippen LogP contribution is 2.24. The first-order valence-corrected chi connectivity index (χ1v) is 6.92. The number of ether oxygens (including phenoxy) is 2. The first-order valence-electron chi connectivity index (χ1n) is 6.52. The lowest BCUT2D eigenvalue weighted by Gasteiger charge is -2.38. The zero-order chi connectivity index (χ0) is 15.4. The van der Waals surface area contributed by atoms with Crippen LogP contribution in [0.15, 0.2) is 29.3 Å². The van der Waals surface area contributed by atoms with E-state index in [9.17, 15) is 15.3 Å². The van der Waals surface area contributed by atoms with Crippen molar-refractivity contribution in [2.24, 2.45) is 4.99 Å². The third kappa shape index (κ3) is 3.85. The molecule has 7 heteroatoms. The molecule has 0 unspecified atom stereocenters. The average Bonchev–Trinajstić information content (AvgIpc) is 2.49. The van der Waals surface area contributed by atoms with Crippen LogP contribution in [0.25, 0.3) is 0 Å². The Morgan fingerprint density at radius 1 is 1.29 bits per heavy atom. The van der Waals surface area contributed by atoms with Crippen molar-refractivity contribution in [3.8, 4) is 5.75 Å². The van der Waals surface area contributed by atoms with Crippen molar-refractivity contribution in [2.45, 2.75) is 44.2 Å². The van der Waals surface area contributed by atoms with Gasteiger partial charge in [-0.15, -0.1) is 0 Å². The second-order valence-electron chi connectivity index (χ2n) is 4.85. The van der Waals surface area contributed by atoms with E-state index in [1.54, 1.807) is 25.1 Å². The summed E-state index contributed by atoms with van der Waals surface area (Å²) in [7, 11) is 0. The van der Waals surface area contributed by atoms with Crippen LogP contribution in [0, 0.1) is 0 Å². The molecule has 0 spiro atoms. The van der Waals surface area contributed by atoms with Crippen LogP contribution in [0.3, 0.4) is 0 Å². The lowest BCUT2D eigenvalue weighted by atomic mass is 10.00. The first kappa shape index (κ1) is 16.0. The molecule has 1 aromatic rings. The van der Waals surface area contributed by atoms with Gasteiger partial charge in [-0.05, 0) is 36.8 Å². The lowest BCUT2D eigenvalue weighted by molar-refractivity contribution is -0.268. The molecule has 1 heterocycles. The van der Waals surface area contributed by atoms with Crippen LogP contribution >= 0.6 is 12.2 Å². The highest BCUT2D eigenvalue weighted by Gasteiger charge is 2.43. The maximum absolute atomic E-state index is 9.90. The fourth-order valence-electron chi connectivity index (χ4n) is 2.09. The van der Waals surface area contributed by atoms with Crippen molar-refractivity contribution in [3.63, 3.8) is 0 Å². The van der Waals surface area contributed by atoms with Crippen LogP contribution in [-0.4, -0.2) is 51.2 Å². The Bertz CT molecular complexity index is 534. The van der Waals surface area contributed by atoms with E-state index in [0.717, 1.165) is 5.56 Å². The van der Waals surface area contributed by atoms with Gasteiger partial charge in [-0.2, -0.15) is 0 Å². The molecule has 0 amide bonds. The van der Waals surface area contributed by atoms with E-state index in [4.69, 9.17) is 9.47 Å². The van der Waals surface area contributed by atoms with E-state index in [0.29, 0.717) is 12.3 Å². The van der Waals surface area contributed by atoms with Crippen LogP contribution in [0.5, 0.6) is 5.75 Å². The minimum Gasteiger partial charge on any atom is -0.462 e. The van der Waals surface area contributed by atoms with E-state index < -0.39 is 30.7 Å². The largest absolute Gasteiger partial charge is 0.462 e. The summed E-state index contributed by atoms with van der Waals surface area (Å²) in [6.07, 6.45) is -5.50. The van der Waals surface area contributed by atoms with Gasteiger partial charge in [0.15, 0.2) is 0 Å². The number of rotatable bonds is 4. The number of aliphatic hydroxyl groups is 3. The molecular formula is C14H17NO5S. The first-order chi connectivity index (χ1) is 10.0. The molecule has 0 aliphatic carbocycles. The summed E-state index contributed by atoms with van der Waals surface area (Å²) in [4.78, 5) is 3.83. The number of thiocarbonyl (C=S) groups is 1. The zero-order valence-corrected chi connectivity index (χ0v) is 12.2. The third-order valence-electron chi connectivity index (χ3n) is 3.29. The van der Waals surface area contributed by atoms with Gasteiger partial charge in [0, 0.05) is 0 Å². The molecule has 6 nitrogen and oxygen atoms in total. The molecule has 0 bridgehead atoms. The van der Waals surface area contributed by atoms with Gasteiger partial charge in [0.25, 0.3) is 0 Å². The Balaban J connectivity index is 2.08. The molecule has 1 aliphatic rings. The molecule has 5 atom stereocenters. The van der Waals surface area contributed by atoms with Crippen LogP contribution < -0.4 is 4.74 Å². The average molecular weight is 311 g/mol. The maximum Gasteiger partial charge on any atom is 0.229 e. The predicted octanol–water partition coefficient (Wildman–Crippen LogP) is 0.496. The number of hydrogen-bond acceptors (Lipinski definition) is 7. The summed E-state index contributed by atoms with van der Waals surface area (Å²) < 4.78 is 10.9. The fourth-order valence-corrected chi connectivity index (χ4v) is 2.15. The van der Waals surface area contributed by atoms with Gasteiger partial charge in [-0.3, -0.25) is 0 Å². The number of aliphatic imine (C=N–C) groups is 1. The van der Waals surface area contributed by atoms with Crippen molar-refractivity contribution in [2.75, 3.05) is 0 Å². The van der Waals surface area contributed by atoms with Crippen LogP contribution in [0.4, 0.5) is 0 Å². The predicted molar refractivity (Wildman–Crippen MR) is 78.2 cm³/mol. The number of benzene rings is 1. The highest BCUT2D eigenvalue weighted by molar-refractivity contribution is 7.78. The summed E-state index contributed by atoms with van der Waals surface area (Å²) >= 11 is 4.51. The van der Waals surface area contributed by atoms with Crippen molar-refractivity contribution in [3.05, 3.63) is 29.8 Å². The molecule has 0 radical (unpaired) electrons. The minimum absolute atomic E-state index is 0.381. The van der Waals surface area contributed by atoms with Gasteiger partial charge in [0.1, 0.15) is 24.1 Å². The molecule has 1 aliphatic heterocycles. The Labute approximate surface area is 127 Å².